The van der Waals surface area contributed by atoms with Gasteiger partial charge in [0.05, 0.1) is 12.6 Å². The predicted octanol–water partition coefficient (Wildman–Crippen LogP) is 2.39. The summed E-state index contributed by atoms with van der Waals surface area (Å²) >= 11 is 0. The number of benzene rings is 1. The van der Waals surface area contributed by atoms with E-state index in [0.717, 1.165) is 32.1 Å². The standard InChI is InChI=1S/C22H35N5O2/c1-17(25(5)15-18-9-7-6-8-10-18)13-23-20-24-14-19-16-26(11-12-27(19)20)21(28)29-22(2,3)4/h6-10,17,19H,11-16H2,1-5H3,(H,23,24). The molecule has 1 amide bonds. The molecule has 2 heterocycles. The molecule has 1 N–H and O–H groups in total. The SMILES string of the molecule is CC(CNC1=NCC2CN(C(=O)OC(C)(C)C)CCN12)N(C)Cc1ccccc1. The van der Waals surface area contributed by atoms with Gasteiger partial charge >= 0.3 is 6.09 Å². The molecular formula is C22H35N5O2. The van der Waals surface area contributed by atoms with Crippen LogP contribution in [-0.2, 0) is 11.3 Å². The van der Waals surface area contributed by atoms with Crippen molar-refractivity contribution >= 4 is 12.1 Å². The molecule has 0 aliphatic carbocycles. The van der Waals surface area contributed by atoms with E-state index in [4.69, 9.17) is 9.73 Å². The van der Waals surface area contributed by atoms with Crippen LogP contribution in [0.25, 0.3) is 0 Å². The normalized spacial score (nSPS) is 20.3. The van der Waals surface area contributed by atoms with Crippen LogP contribution in [0.4, 0.5) is 4.79 Å². The lowest BCUT2D eigenvalue weighted by Gasteiger charge is -2.39. The highest BCUT2D eigenvalue weighted by molar-refractivity contribution is 5.82. The molecule has 0 saturated carbocycles. The fourth-order valence-electron chi connectivity index (χ4n) is 3.64. The number of nitrogens with zero attached hydrogens (tertiary/aromatic N) is 4. The molecule has 7 heteroatoms. The molecule has 0 radical (unpaired) electrons. The number of hydrogen-bond donors (Lipinski definition) is 1. The van der Waals surface area contributed by atoms with E-state index in [2.05, 4.69) is 53.4 Å². The summed E-state index contributed by atoms with van der Waals surface area (Å²) in [5.74, 6) is 0.957. The van der Waals surface area contributed by atoms with Crippen molar-refractivity contribution in [3.8, 4) is 0 Å². The molecule has 3 rings (SSSR count). The van der Waals surface area contributed by atoms with Crippen molar-refractivity contribution in [3.05, 3.63) is 35.9 Å². The Bertz CT molecular complexity index is 716. The second-order valence-electron chi connectivity index (χ2n) is 9.07. The van der Waals surface area contributed by atoms with Crippen molar-refractivity contribution in [2.24, 2.45) is 4.99 Å². The maximum Gasteiger partial charge on any atom is 0.410 e. The van der Waals surface area contributed by atoms with Crippen molar-refractivity contribution in [3.63, 3.8) is 0 Å². The first-order valence-electron chi connectivity index (χ1n) is 10.5. The van der Waals surface area contributed by atoms with E-state index in [-0.39, 0.29) is 12.1 Å². The molecule has 1 aromatic carbocycles. The van der Waals surface area contributed by atoms with Crippen LogP contribution in [0.3, 0.4) is 0 Å². The summed E-state index contributed by atoms with van der Waals surface area (Å²) in [6, 6.07) is 11.1. The Kier molecular flexibility index (Phi) is 6.67. The van der Waals surface area contributed by atoms with E-state index in [0.29, 0.717) is 19.1 Å². The van der Waals surface area contributed by atoms with Gasteiger partial charge in [-0.05, 0) is 40.3 Å². The van der Waals surface area contributed by atoms with E-state index < -0.39 is 5.60 Å². The highest BCUT2D eigenvalue weighted by Crippen LogP contribution is 2.18. The quantitative estimate of drug-likeness (QED) is 0.821. The Morgan fingerprint density at radius 3 is 2.72 bits per heavy atom. The molecule has 29 heavy (non-hydrogen) atoms. The summed E-state index contributed by atoms with van der Waals surface area (Å²) in [4.78, 5) is 23.5. The molecule has 2 atom stereocenters. The average Bonchev–Trinajstić information content (AvgIpc) is 3.07. The maximum atomic E-state index is 12.4. The van der Waals surface area contributed by atoms with Gasteiger partial charge in [0.1, 0.15) is 5.60 Å². The minimum atomic E-state index is -0.463. The van der Waals surface area contributed by atoms with Crippen molar-refractivity contribution in [1.82, 2.24) is 20.0 Å². The fraction of sp³-hybridized carbons (Fsp3) is 0.636. The topological polar surface area (TPSA) is 60.4 Å². The first kappa shape index (κ1) is 21.4. The maximum absolute atomic E-state index is 12.4. The van der Waals surface area contributed by atoms with E-state index >= 15 is 0 Å². The molecular weight excluding hydrogens is 366 g/mol. The van der Waals surface area contributed by atoms with Crippen LogP contribution >= 0.6 is 0 Å². The van der Waals surface area contributed by atoms with Gasteiger partial charge in [0.2, 0.25) is 0 Å². The zero-order valence-electron chi connectivity index (χ0n) is 18.4. The zero-order valence-corrected chi connectivity index (χ0v) is 18.4. The number of amides is 1. The highest BCUT2D eigenvalue weighted by Gasteiger charge is 2.36. The highest BCUT2D eigenvalue weighted by atomic mass is 16.6. The third-order valence-corrected chi connectivity index (χ3v) is 5.44. The molecule has 2 aliphatic heterocycles. The smallest absolute Gasteiger partial charge is 0.410 e. The zero-order chi connectivity index (χ0) is 21.0. The van der Waals surface area contributed by atoms with Crippen LogP contribution in [-0.4, -0.2) is 84.2 Å². The van der Waals surface area contributed by atoms with Gasteiger partial charge in [-0.3, -0.25) is 9.89 Å². The Morgan fingerprint density at radius 1 is 1.31 bits per heavy atom. The summed E-state index contributed by atoms with van der Waals surface area (Å²) in [5.41, 5.74) is 0.855. The number of likely N-dealkylation sites (N-methyl/N-ethyl adjacent to an activating group) is 1. The van der Waals surface area contributed by atoms with Gasteiger partial charge in [0.25, 0.3) is 0 Å². The number of carbonyl (C=O) groups excluding carboxylic acids is 1. The van der Waals surface area contributed by atoms with Gasteiger partial charge in [-0.25, -0.2) is 4.79 Å². The molecule has 2 unspecified atom stereocenters. The molecule has 2 aliphatic rings. The van der Waals surface area contributed by atoms with Gasteiger partial charge in [0, 0.05) is 38.8 Å². The van der Waals surface area contributed by atoms with Gasteiger partial charge in [-0.1, -0.05) is 30.3 Å². The summed E-state index contributed by atoms with van der Waals surface area (Å²) in [7, 11) is 2.15. The Hall–Kier alpha value is -2.28. The lowest BCUT2D eigenvalue weighted by Crippen LogP contribution is -2.58. The molecule has 1 saturated heterocycles. The van der Waals surface area contributed by atoms with E-state index in [9.17, 15) is 4.79 Å². The van der Waals surface area contributed by atoms with Crippen LogP contribution in [0.15, 0.2) is 35.3 Å². The predicted molar refractivity (Wildman–Crippen MR) is 116 cm³/mol. The van der Waals surface area contributed by atoms with Crippen molar-refractivity contribution in [2.75, 3.05) is 39.8 Å². The third-order valence-electron chi connectivity index (χ3n) is 5.44. The molecule has 7 nitrogen and oxygen atoms in total. The van der Waals surface area contributed by atoms with E-state index in [1.54, 1.807) is 4.90 Å². The van der Waals surface area contributed by atoms with E-state index in [1.165, 1.54) is 5.56 Å². The van der Waals surface area contributed by atoms with Crippen molar-refractivity contribution in [1.29, 1.82) is 0 Å². The number of piperazine rings is 1. The second kappa shape index (κ2) is 9.03. The monoisotopic (exact) mass is 401 g/mol. The minimum absolute atomic E-state index is 0.227. The molecule has 1 aromatic rings. The van der Waals surface area contributed by atoms with Gasteiger partial charge in [-0.2, -0.15) is 0 Å². The Labute approximate surface area is 174 Å². The fourth-order valence-corrected chi connectivity index (χ4v) is 3.64. The van der Waals surface area contributed by atoms with Crippen LogP contribution in [0.2, 0.25) is 0 Å². The number of nitrogens with one attached hydrogen (secondary N) is 1. The van der Waals surface area contributed by atoms with E-state index in [1.807, 2.05) is 26.8 Å². The number of fused-ring (bicyclic) bond motifs is 1. The number of ether oxygens (including phenoxy) is 1. The van der Waals surface area contributed by atoms with Crippen LogP contribution in [0, 0.1) is 0 Å². The number of rotatable bonds is 5. The number of hydrogen-bond acceptors (Lipinski definition) is 6. The third kappa shape index (κ3) is 5.85. The molecule has 0 spiro atoms. The lowest BCUT2D eigenvalue weighted by molar-refractivity contribution is 0.0137. The lowest BCUT2D eigenvalue weighted by atomic mass is 10.2. The number of guanidine groups is 1. The average molecular weight is 402 g/mol. The largest absolute Gasteiger partial charge is 0.444 e. The molecule has 160 valence electrons. The van der Waals surface area contributed by atoms with Gasteiger partial charge in [-0.15, -0.1) is 0 Å². The van der Waals surface area contributed by atoms with Crippen molar-refractivity contribution in [2.45, 2.75) is 51.9 Å². The minimum Gasteiger partial charge on any atom is -0.444 e. The molecule has 0 bridgehead atoms. The summed E-state index contributed by atoms with van der Waals surface area (Å²) in [6.45, 7) is 12.5. The number of aliphatic imine (C=N–C) groups is 1. The second-order valence-corrected chi connectivity index (χ2v) is 9.07. The molecule has 0 aromatic heterocycles. The first-order valence-corrected chi connectivity index (χ1v) is 10.5. The van der Waals surface area contributed by atoms with Gasteiger partial charge < -0.3 is 19.9 Å². The Balaban J connectivity index is 1.45. The van der Waals surface area contributed by atoms with Gasteiger partial charge in [0.15, 0.2) is 5.96 Å². The molecule has 1 fully saturated rings. The van der Waals surface area contributed by atoms with Crippen molar-refractivity contribution < 1.29 is 9.53 Å². The Morgan fingerprint density at radius 2 is 2.03 bits per heavy atom. The summed E-state index contributed by atoms with van der Waals surface area (Å²) < 4.78 is 5.52. The summed E-state index contributed by atoms with van der Waals surface area (Å²) in [6.07, 6.45) is -0.227. The summed E-state index contributed by atoms with van der Waals surface area (Å²) in [5, 5.41) is 3.53. The van der Waals surface area contributed by atoms with Crippen LogP contribution < -0.4 is 5.32 Å². The first-order chi connectivity index (χ1) is 13.7. The number of carbonyl (C=O) groups is 1. The van der Waals surface area contributed by atoms with Crippen LogP contribution in [0.5, 0.6) is 0 Å². The van der Waals surface area contributed by atoms with Crippen LogP contribution in [0.1, 0.15) is 33.3 Å².